The summed E-state index contributed by atoms with van der Waals surface area (Å²) in [4.78, 5) is 50.5. The SMILES string of the molecule is CN1CC(=O)N(CCCC(=O)Nc2cccc(C(=O)Nc3cccc(F)c3)c2)C1=O. The average Bonchev–Trinajstić information content (AvgIpc) is 2.94. The lowest BCUT2D eigenvalue weighted by atomic mass is 10.1. The topological polar surface area (TPSA) is 98.8 Å². The van der Waals surface area contributed by atoms with Crippen molar-refractivity contribution in [3.05, 3.63) is 59.9 Å². The number of likely N-dealkylation sites (N-methyl/N-ethyl adjacent to an activating group) is 1. The summed E-state index contributed by atoms with van der Waals surface area (Å²) in [6.07, 6.45) is 0.442. The summed E-state index contributed by atoms with van der Waals surface area (Å²) in [6.45, 7) is 0.223. The zero-order valence-electron chi connectivity index (χ0n) is 16.4. The standard InChI is InChI=1S/C21H21FN4O4/c1-25-13-19(28)26(21(25)30)10-4-9-18(27)23-16-7-2-5-14(11-16)20(29)24-17-8-3-6-15(22)12-17/h2-3,5-8,11-12H,4,9-10,13H2,1H3,(H,23,27)(H,24,29). The highest BCUT2D eigenvalue weighted by atomic mass is 19.1. The van der Waals surface area contributed by atoms with E-state index in [9.17, 15) is 23.6 Å². The Labute approximate surface area is 172 Å². The molecule has 9 heteroatoms. The second kappa shape index (κ2) is 9.17. The summed E-state index contributed by atoms with van der Waals surface area (Å²) in [7, 11) is 1.55. The number of rotatable bonds is 7. The molecule has 0 saturated carbocycles. The lowest BCUT2D eigenvalue weighted by Gasteiger charge is -2.13. The average molecular weight is 412 g/mol. The van der Waals surface area contributed by atoms with E-state index in [4.69, 9.17) is 0 Å². The van der Waals surface area contributed by atoms with Gasteiger partial charge in [-0.15, -0.1) is 0 Å². The van der Waals surface area contributed by atoms with Crippen molar-refractivity contribution >= 4 is 35.1 Å². The first-order valence-electron chi connectivity index (χ1n) is 9.36. The zero-order chi connectivity index (χ0) is 21.7. The molecule has 0 bridgehead atoms. The second-order valence-electron chi connectivity index (χ2n) is 6.88. The molecule has 0 atom stereocenters. The number of anilines is 2. The third kappa shape index (κ3) is 5.19. The van der Waals surface area contributed by atoms with Gasteiger partial charge in [-0.05, 0) is 42.8 Å². The molecule has 5 amide bonds. The molecule has 1 heterocycles. The van der Waals surface area contributed by atoms with Crippen molar-refractivity contribution in [1.29, 1.82) is 0 Å². The van der Waals surface area contributed by atoms with E-state index in [1.807, 2.05) is 0 Å². The fourth-order valence-electron chi connectivity index (χ4n) is 3.02. The summed E-state index contributed by atoms with van der Waals surface area (Å²) in [5.74, 6) is -1.48. The Morgan fingerprint density at radius 3 is 2.40 bits per heavy atom. The van der Waals surface area contributed by atoms with Crippen LogP contribution in [0.2, 0.25) is 0 Å². The van der Waals surface area contributed by atoms with Crippen LogP contribution in [0.15, 0.2) is 48.5 Å². The molecule has 0 unspecified atom stereocenters. The Morgan fingerprint density at radius 2 is 1.73 bits per heavy atom. The molecule has 1 fully saturated rings. The first-order chi connectivity index (χ1) is 14.3. The van der Waals surface area contributed by atoms with Crippen LogP contribution in [0.4, 0.5) is 20.6 Å². The molecule has 0 aromatic heterocycles. The summed E-state index contributed by atoms with van der Waals surface area (Å²) in [6, 6.07) is 11.5. The van der Waals surface area contributed by atoms with Gasteiger partial charge in [0.1, 0.15) is 12.4 Å². The molecule has 1 saturated heterocycles. The van der Waals surface area contributed by atoms with Gasteiger partial charge in [0.25, 0.3) is 5.91 Å². The number of carbonyl (C=O) groups is 4. The van der Waals surface area contributed by atoms with Gasteiger partial charge < -0.3 is 15.5 Å². The van der Waals surface area contributed by atoms with Gasteiger partial charge in [-0.25, -0.2) is 9.18 Å². The second-order valence-corrected chi connectivity index (χ2v) is 6.88. The van der Waals surface area contributed by atoms with Gasteiger partial charge in [0.05, 0.1) is 0 Å². The predicted octanol–water partition coefficient (Wildman–Crippen LogP) is 2.69. The van der Waals surface area contributed by atoms with Crippen molar-refractivity contribution in [1.82, 2.24) is 9.80 Å². The minimum atomic E-state index is -0.460. The summed E-state index contributed by atoms with van der Waals surface area (Å²) >= 11 is 0. The number of urea groups is 1. The van der Waals surface area contributed by atoms with Crippen molar-refractivity contribution in [3.63, 3.8) is 0 Å². The summed E-state index contributed by atoms with van der Waals surface area (Å²) < 4.78 is 13.2. The molecule has 2 aromatic carbocycles. The van der Waals surface area contributed by atoms with E-state index < -0.39 is 11.7 Å². The third-order valence-corrected chi connectivity index (χ3v) is 4.51. The number of halogens is 1. The van der Waals surface area contributed by atoms with Crippen molar-refractivity contribution in [2.45, 2.75) is 12.8 Å². The molecule has 156 valence electrons. The molecule has 3 rings (SSSR count). The number of imide groups is 1. The quantitative estimate of drug-likeness (QED) is 0.683. The van der Waals surface area contributed by atoms with Gasteiger partial charge in [-0.1, -0.05) is 12.1 Å². The Hall–Kier alpha value is -3.75. The molecule has 2 aromatic rings. The maximum Gasteiger partial charge on any atom is 0.326 e. The molecular weight excluding hydrogens is 391 g/mol. The van der Waals surface area contributed by atoms with Crippen molar-refractivity contribution in [2.24, 2.45) is 0 Å². The predicted molar refractivity (Wildman–Crippen MR) is 108 cm³/mol. The highest BCUT2D eigenvalue weighted by molar-refractivity contribution is 6.05. The van der Waals surface area contributed by atoms with Crippen LogP contribution in [0.3, 0.4) is 0 Å². The van der Waals surface area contributed by atoms with Gasteiger partial charge >= 0.3 is 6.03 Å². The zero-order valence-corrected chi connectivity index (χ0v) is 16.4. The van der Waals surface area contributed by atoms with E-state index in [1.165, 1.54) is 29.2 Å². The summed E-state index contributed by atoms with van der Waals surface area (Å²) in [5.41, 5.74) is 1.05. The van der Waals surface area contributed by atoms with Gasteiger partial charge in [0.15, 0.2) is 0 Å². The Morgan fingerprint density at radius 1 is 1.03 bits per heavy atom. The number of hydrogen-bond acceptors (Lipinski definition) is 4. The molecular formula is C21H21FN4O4. The maximum atomic E-state index is 13.2. The van der Waals surface area contributed by atoms with Crippen molar-refractivity contribution in [2.75, 3.05) is 30.8 Å². The van der Waals surface area contributed by atoms with Crippen LogP contribution in [-0.4, -0.2) is 53.7 Å². The molecule has 8 nitrogen and oxygen atoms in total. The molecule has 0 spiro atoms. The molecule has 2 N–H and O–H groups in total. The van der Waals surface area contributed by atoms with Crippen LogP contribution in [0.5, 0.6) is 0 Å². The van der Waals surface area contributed by atoms with Crippen LogP contribution in [0.25, 0.3) is 0 Å². The van der Waals surface area contributed by atoms with Crippen molar-refractivity contribution < 1.29 is 23.6 Å². The Balaban J connectivity index is 1.52. The molecule has 0 radical (unpaired) electrons. The largest absolute Gasteiger partial charge is 0.326 e. The number of hydrogen-bond donors (Lipinski definition) is 2. The number of amides is 5. The van der Waals surface area contributed by atoms with Gasteiger partial charge in [-0.2, -0.15) is 0 Å². The first-order valence-corrected chi connectivity index (χ1v) is 9.36. The lowest BCUT2D eigenvalue weighted by Crippen LogP contribution is -2.32. The Bertz CT molecular complexity index is 994. The number of benzene rings is 2. The minimum Gasteiger partial charge on any atom is -0.326 e. The van der Waals surface area contributed by atoms with Gasteiger partial charge in [0.2, 0.25) is 11.8 Å². The number of nitrogens with one attached hydrogen (secondary N) is 2. The summed E-state index contributed by atoms with van der Waals surface area (Å²) in [5, 5.41) is 5.28. The molecule has 30 heavy (non-hydrogen) atoms. The van der Waals surface area contributed by atoms with E-state index in [2.05, 4.69) is 10.6 Å². The number of nitrogens with zero attached hydrogens (tertiary/aromatic N) is 2. The van der Waals surface area contributed by atoms with Crippen LogP contribution in [0.1, 0.15) is 23.2 Å². The smallest absolute Gasteiger partial charge is 0.326 e. The fraction of sp³-hybridized carbons (Fsp3) is 0.238. The van der Waals surface area contributed by atoms with E-state index >= 15 is 0 Å². The van der Waals surface area contributed by atoms with Gasteiger partial charge in [0, 0.05) is 37.0 Å². The van der Waals surface area contributed by atoms with E-state index in [1.54, 1.807) is 31.3 Å². The highest BCUT2D eigenvalue weighted by Crippen LogP contribution is 2.15. The normalized spacial score (nSPS) is 13.5. The van der Waals surface area contributed by atoms with Crippen LogP contribution in [0, 0.1) is 5.82 Å². The molecule has 1 aliphatic rings. The van der Waals surface area contributed by atoms with E-state index in [0.29, 0.717) is 23.4 Å². The van der Waals surface area contributed by atoms with E-state index in [0.717, 1.165) is 4.90 Å². The van der Waals surface area contributed by atoms with Crippen LogP contribution >= 0.6 is 0 Å². The van der Waals surface area contributed by atoms with E-state index in [-0.39, 0.29) is 37.4 Å². The Kier molecular flexibility index (Phi) is 6.41. The van der Waals surface area contributed by atoms with Crippen LogP contribution < -0.4 is 10.6 Å². The van der Waals surface area contributed by atoms with Gasteiger partial charge in [-0.3, -0.25) is 19.3 Å². The highest BCUT2D eigenvalue weighted by Gasteiger charge is 2.32. The third-order valence-electron chi connectivity index (χ3n) is 4.51. The molecule has 1 aliphatic heterocycles. The minimum absolute atomic E-state index is 0.0511. The number of carbonyl (C=O) groups excluding carboxylic acids is 4. The fourth-order valence-corrected chi connectivity index (χ4v) is 3.02. The maximum absolute atomic E-state index is 13.2. The monoisotopic (exact) mass is 412 g/mol. The van der Waals surface area contributed by atoms with Crippen molar-refractivity contribution in [3.8, 4) is 0 Å². The first kappa shape index (κ1) is 21.0. The lowest BCUT2D eigenvalue weighted by molar-refractivity contribution is -0.125. The van der Waals surface area contributed by atoms with Crippen LogP contribution in [-0.2, 0) is 9.59 Å². The molecule has 0 aliphatic carbocycles.